The number of carbonyl (C=O) groups excluding carboxylic acids is 1. The first-order chi connectivity index (χ1) is 15.0. The third-order valence-electron chi connectivity index (χ3n) is 5.44. The Morgan fingerprint density at radius 1 is 1.00 bits per heavy atom. The van der Waals surface area contributed by atoms with E-state index in [0.717, 1.165) is 22.3 Å². The molecular formula is C24H25N5O2. The third kappa shape index (κ3) is 3.86. The van der Waals surface area contributed by atoms with E-state index in [-0.39, 0.29) is 11.5 Å². The number of rotatable bonds is 6. The molecule has 2 aromatic heterocycles. The van der Waals surface area contributed by atoms with Crippen LogP contribution in [-0.4, -0.2) is 25.5 Å². The van der Waals surface area contributed by atoms with Crippen LogP contribution in [0.5, 0.6) is 0 Å². The molecular weight excluding hydrogens is 390 g/mol. The lowest BCUT2D eigenvalue weighted by Gasteiger charge is -2.17. The summed E-state index contributed by atoms with van der Waals surface area (Å²) in [7, 11) is 0. The summed E-state index contributed by atoms with van der Waals surface area (Å²) >= 11 is 0. The van der Waals surface area contributed by atoms with Crippen molar-refractivity contribution in [2.75, 3.05) is 0 Å². The third-order valence-corrected chi connectivity index (χ3v) is 5.44. The summed E-state index contributed by atoms with van der Waals surface area (Å²) in [6.45, 7) is 6.03. The van der Waals surface area contributed by atoms with E-state index in [1.54, 1.807) is 4.68 Å². The molecule has 1 atom stereocenters. The molecule has 158 valence electrons. The van der Waals surface area contributed by atoms with Crippen molar-refractivity contribution in [1.29, 1.82) is 0 Å². The number of para-hydroxylation sites is 1. The Morgan fingerprint density at radius 2 is 1.65 bits per heavy atom. The highest BCUT2D eigenvalue weighted by Crippen LogP contribution is 2.22. The molecule has 0 unspecified atom stereocenters. The molecule has 2 heterocycles. The molecule has 0 bridgehead atoms. The molecule has 31 heavy (non-hydrogen) atoms. The monoisotopic (exact) mass is 415 g/mol. The zero-order valence-corrected chi connectivity index (χ0v) is 17.9. The second-order valence-corrected chi connectivity index (χ2v) is 7.52. The second kappa shape index (κ2) is 8.55. The summed E-state index contributed by atoms with van der Waals surface area (Å²) in [6.07, 6.45) is 0.441. The van der Waals surface area contributed by atoms with Gasteiger partial charge in [0.2, 0.25) is 5.91 Å². The van der Waals surface area contributed by atoms with Gasteiger partial charge in [-0.2, -0.15) is 10.2 Å². The normalized spacial score (nSPS) is 12.1. The lowest BCUT2D eigenvalue weighted by Crippen LogP contribution is -2.38. The molecule has 4 rings (SSSR count). The number of nitrogens with one attached hydrogen (secondary N) is 1. The van der Waals surface area contributed by atoms with Crippen LogP contribution in [0.1, 0.15) is 36.3 Å². The minimum Gasteiger partial charge on any atom is -0.350 e. The predicted octanol–water partition coefficient (Wildman–Crippen LogP) is 3.47. The van der Waals surface area contributed by atoms with Gasteiger partial charge in [-0.3, -0.25) is 9.59 Å². The van der Waals surface area contributed by atoms with E-state index < -0.39 is 6.04 Å². The maximum absolute atomic E-state index is 13.3. The number of aryl methyl sites for hydroxylation is 2. The molecule has 2 aromatic carbocycles. The van der Waals surface area contributed by atoms with Gasteiger partial charge in [-0.1, -0.05) is 55.5 Å². The highest BCUT2D eigenvalue weighted by molar-refractivity contribution is 5.84. The number of hydrogen-bond donors (Lipinski definition) is 1. The van der Waals surface area contributed by atoms with Gasteiger partial charge in [0, 0.05) is 6.54 Å². The number of fused-ring (bicyclic) bond motifs is 1. The smallest absolute Gasteiger partial charge is 0.295 e. The summed E-state index contributed by atoms with van der Waals surface area (Å²) in [4.78, 5) is 26.2. The second-order valence-electron chi connectivity index (χ2n) is 7.52. The number of benzene rings is 2. The fourth-order valence-electron chi connectivity index (χ4n) is 3.85. The van der Waals surface area contributed by atoms with Gasteiger partial charge in [-0.15, -0.1) is 0 Å². The van der Waals surface area contributed by atoms with Crippen molar-refractivity contribution >= 4 is 16.8 Å². The molecule has 1 amide bonds. The molecule has 0 radical (unpaired) electrons. The Bertz CT molecular complexity index is 1280. The number of nitrogens with zero attached hydrogens (tertiary/aromatic N) is 4. The van der Waals surface area contributed by atoms with Gasteiger partial charge in [0.25, 0.3) is 5.56 Å². The fourth-order valence-corrected chi connectivity index (χ4v) is 3.85. The molecule has 4 aromatic rings. The topological polar surface area (TPSA) is 81.8 Å². The van der Waals surface area contributed by atoms with Crippen LogP contribution in [-0.2, 0) is 11.3 Å². The van der Waals surface area contributed by atoms with Gasteiger partial charge < -0.3 is 5.32 Å². The molecule has 0 aliphatic carbocycles. The minimum atomic E-state index is -0.707. The molecule has 0 spiro atoms. The SMILES string of the molecule is CC[C@@H](C(=O)NCc1ccccc1)n1nc(C)c2c(C)n(-c3ccccc3)nc2c1=O. The molecule has 0 aliphatic rings. The van der Waals surface area contributed by atoms with E-state index in [1.165, 1.54) is 4.68 Å². The number of hydrogen-bond acceptors (Lipinski definition) is 4. The highest BCUT2D eigenvalue weighted by atomic mass is 16.2. The van der Waals surface area contributed by atoms with Crippen LogP contribution in [0.25, 0.3) is 16.6 Å². The van der Waals surface area contributed by atoms with E-state index in [1.807, 2.05) is 81.4 Å². The zero-order chi connectivity index (χ0) is 22.0. The Labute approximate surface area is 180 Å². The molecule has 0 fully saturated rings. The van der Waals surface area contributed by atoms with Crippen LogP contribution < -0.4 is 10.9 Å². The maximum atomic E-state index is 13.3. The van der Waals surface area contributed by atoms with Gasteiger partial charge in [0.05, 0.1) is 22.5 Å². The largest absolute Gasteiger partial charge is 0.350 e. The van der Waals surface area contributed by atoms with Crippen LogP contribution in [0.2, 0.25) is 0 Å². The summed E-state index contributed by atoms with van der Waals surface area (Å²) in [5.74, 6) is -0.237. The highest BCUT2D eigenvalue weighted by Gasteiger charge is 2.25. The van der Waals surface area contributed by atoms with Crippen LogP contribution in [0.3, 0.4) is 0 Å². The minimum absolute atomic E-state index is 0.237. The first-order valence-corrected chi connectivity index (χ1v) is 10.4. The van der Waals surface area contributed by atoms with E-state index in [0.29, 0.717) is 24.2 Å². The quantitative estimate of drug-likeness (QED) is 0.523. The zero-order valence-electron chi connectivity index (χ0n) is 17.9. The summed E-state index contributed by atoms with van der Waals surface area (Å²) in [5.41, 5.74) is 3.34. The molecule has 7 nitrogen and oxygen atoms in total. The average Bonchev–Trinajstić information content (AvgIpc) is 3.15. The number of amides is 1. The Kier molecular flexibility index (Phi) is 5.66. The van der Waals surface area contributed by atoms with Crippen LogP contribution in [0.15, 0.2) is 65.5 Å². The van der Waals surface area contributed by atoms with E-state index in [4.69, 9.17) is 0 Å². The number of carbonyl (C=O) groups is 1. The van der Waals surface area contributed by atoms with E-state index in [9.17, 15) is 9.59 Å². The fraction of sp³-hybridized carbons (Fsp3) is 0.250. The van der Waals surface area contributed by atoms with Gasteiger partial charge in [-0.25, -0.2) is 9.36 Å². The summed E-state index contributed by atoms with van der Waals surface area (Å²) in [6, 6.07) is 18.6. The lowest BCUT2D eigenvalue weighted by molar-refractivity contribution is -0.125. The molecule has 1 N–H and O–H groups in total. The van der Waals surface area contributed by atoms with Gasteiger partial charge >= 0.3 is 0 Å². The van der Waals surface area contributed by atoms with Crippen molar-refractivity contribution in [3.05, 3.63) is 88.0 Å². The Hall–Kier alpha value is -3.74. The lowest BCUT2D eigenvalue weighted by atomic mass is 10.1. The van der Waals surface area contributed by atoms with E-state index >= 15 is 0 Å². The predicted molar refractivity (Wildman–Crippen MR) is 120 cm³/mol. The molecule has 0 saturated carbocycles. The first kappa shape index (κ1) is 20.5. The number of aromatic nitrogens is 4. The van der Waals surface area contributed by atoms with Gasteiger partial charge in [0.15, 0.2) is 5.52 Å². The van der Waals surface area contributed by atoms with Crippen molar-refractivity contribution in [2.45, 2.75) is 39.8 Å². The van der Waals surface area contributed by atoms with Crippen molar-refractivity contribution in [3.8, 4) is 5.69 Å². The van der Waals surface area contributed by atoms with Crippen molar-refractivity contribution in [3.63, 3.8) is 0 Å². The van der Waals surface area contributed by atoms with Crippen LogP contribution >= 0.6 is 0 Å². The first-order valence-electron chi connectivity index (χ1n) is 10.4. The summed E-state index contributed by atoms with van der Waals surface area (Å²) in [5, 5.41) is 12.7. The van der Waals surface area contributed by atoms with Gasteiger partial charge in [0.1, 0.15) is 6.04 Å². The van der Waals surface area contributed by atoms with E-state index in [2.05, 4.69) is 15.5 Å². The standard InChI is InChI=1S/C24H25N5O2/c1-4-20(23(30)25-15-18-11-7-5-8-12-18)29-24(31)22-21(16(2)26-29)17(3)28(27-22)19-13-9-6-10-14-19/h5-14,20H,4,15H2,1-3H3,(H,25,30)/t20-/m0/s1. The van der Waals surface area contributed by atoms with Crippen LogP contribution in [0.4, 0.5) is 0 Å². The molecule has 0 saturated heterocycles. The molecule has 7 heteroatoms. The average molecular weight is 415 g/mol. The van der Waals surface area contributed by atoms with Gasteiger partial charge in [-0.05, 0) is 38.0 Å². The van der Waals surface area contributed by atoms with Crippen molar-refractivity contribution in [1.82, 2.24) is 24.9 Å². The van der Waals surface area contributed by atoms with Crippen molar-refractivity contribution < 1.29 is 4.79 Å². The molecule has 0 aliphatic heterocycles. The Balaban J connectivity index is 1.72. The van der Waals surface area contributed by atoms with Crippen molar-refractivity contribution in [2.24, 2.45) is 0 Å². The summed E-state index contributed by atoms with van der Waals surface area (Å²) < 4.78 is 3.03. The van der Waals surface area contributed by atoms with Crippen LogP contribution in [0, 0.1) is 13.8 Å². The Morgan fingerprint density at radius 3 is 2.29 bits per heavy atom. The maximum Gasteiger partial charge on any atom is 0.295 e.